The van der Waals surface area contributed by atoms with Crippen molar-refractivity contribution in [2.75, 3.05) is 7.11 Å². The summed E-state index contributed by atoms with van der Waals surface area (Å²) in [4.78, 5) is 0. The molecule has 0 radical (unpaired) electrons. The average Bonchev–Trinajstić information content (AvgIpc) is 2.29. The quantitative estimate of drug-likeness (QED) is 0.543. The highest BCUT2D eigenvalue weighted by Crippen LogP contribution is 2.39. The molecule has 0 saturated carbocycles. The van der Waals surface area contributed by atoms with Crippen LogP contribution in [0.15, 0.2) is 16.6 Å². The van der Waals surface area contributed by atoms with Crippen molar-refractivity contribution in [3.05, 3.63) is 27.7 Å². The Kier molecular flexibility index (Phi) is 6.40. The van der Waals surface area contributed by atoms with Gasteiger partial charge in [-0.05, 0) is 48.8 Å². The first-order chi connectivity index (χ1) is 9.14. The number of methoxy groups -OCH3 is 1. The minimum atomic E-state index is -0.0146. The van der Waals surface area contributed by atoms with Crippen molar-refractivity contribution in [3.63, 3.8) is 0 Å². The van der Waals surface area contributed by atoms with Crippen LogP contribution in [0, 0.1) is 18.3 Å². The van der Waals surface area contributed by atoms with Gasteiger partial charge in [-0.15, -0.1) is 11.6 Å². The lowest BCUT2D eigenvalue weighted by Crippen LogP contribution is -2.12. The van der Waals surface area contributed by atoms with Crippen LogP contribution in [0.25, 0.3) is 0 Å². The van der Waals surface area contributed by atoms with Gasteiger partial charge in [0.25, 0.3) is 0 Å². The molecule has 0 heterocycles. The van der Waals surface area contributed by atoms with E-state index in [1.807, 2.05) is 6.07 Å². The third-order valence-corrected chi connectivity index (χ3v) is 4.69. The molecule has 2 unspecified atom stereocenters. The van der Waals surface area contributed by atoms with Crippen molar-refractivity contribution in [1.29, 1.82) is 0 Å². The Hall–Kier alpha value is -0.210. The molecule has 20 heavy (non-hydrogen) atoms. The van der Waals surface area contributed by atoms with Crippen molar-refractivity contribution >= 4 is 27.5 Å². The Bertz CT molecular complexity index is 451. The number of aryl methyl sites for hydroxylation is 1. The molecule has 0 amide bonds. The fourth-order valence-corrected chi connectivity index (χ4v) is 3.54. The van der Waals surface area contributed by atoms with E-state index in [1.165, 1.54) is 6.42 Å². The summed E-state index contributed by atoms with van der Waals surface area (Å²) in [6.07, 6.45) is 2.14. The van der Waals surface area contributed by atoms with Crippen LogP contribution in [-0.4, -0.2) is 7.11 Å². The fourth-order valence-electron chi connectivity index (χ4n) is 2.70. The molecule has 0 aliphatic heterocycles. The van der Waals surface area contributed by atoms with Crippen molar-refractivity contribution in [2.45, 2.75) is 52.8 Å². The lowest BCUT2D eigenvalue weighted by atomic mass is 9.83. The second kappa shape index (κ2) is 7.17. The molecule has 0 aromatic heterocycles. The molecule has 0 saturated heterocycles. The molecule has 0 N–H and O–H groups in total. The van der Waals surface area contributed by atoms with Crippen LogP contribution < -0.4 is 4.74 Å². The summed E-state index contributed by atoms with van der Waals surface area (Å²) in [5.74, 6) is 1.47. The summed E-state index contributed by atoms with van der Waals surface area (Å²) in [6, 6.07) is 4.14. The van der Waals surface area contributed by atoms with E-state index in [4.69, 9.17) is 16.3 Å². The molecule has 0 bridgehead atoms. The van der Waals surface area contributed by atoms with Gasteiger partial charge in [-0.2, -0.15) is 0 Å². The highest BCUT2D eigenvalue weighted by atomic mass is 79.9. The smallest absolute Gasteiger partial charge is 0.123 e. The first kappa shape index (κ1) is 17.8. The van der Waals surface area contributed by atoms with E-state index in [1.54, 1.807) is 7.11 Å². The number of hydrogen-bond donors (Lipinski definition) is 0. The van der Waals surface area contributed by atoms with Crippen LogP contribution in [0.3, 0.4) is 0 Å². The van der Waals surface area contributed by atoms with E-state index in [2.05, 4.69) is 56.6 Å². The van der Waals surface area contributed by atoms with E-state index in [-0.39, 0.29) is 5.38 Å². The topological polar surface area (TPSA) is 9.23 Å². The minimum Gasteiger partial charge on any atom is -0.496 e. The molecule has 2 atom stereocenters. The maximum absolute atomic E-state index is 6.64. The van der Waals surface area contributed by atoms with Crippen molar-refractivity contribution < 1.29 is 4.74 Å². The highest BCUT2D eigenvalue weighted by Gasteiger charge is 2.21. The molecule has 1 aromatic rings. The zero-order chi connectivity index (χ0) is 15.5. The van der Waals surface area contributed by atoms with Crippen LogP contribution in [0.5, 0.6) is 5.75 Å². The van der Waals surface area contributed by atoms with Gasteiger partial charge in [-0.3, -0.25) is 0 Å². The van der Waals surface area contributed by atoms with Crippen molar-refractivity contribution in [1.82, 2.24) is 0 Å². The molecule has 0 spiro atoms. The maximum Gasteiger partial charge on any atom is 0.123 e. The van der Waals surface area contributed by atoms with Gasteiger partial charge in [-0.25, -0.2) is 0 Å². The summed E-state index contributed by atoms with van der Waals surface area (Å²) in [5, 5.41) is -0.0146. The van der Waals surface area contributed by atoms with Gasteiger partial charge in [-0.1, -0.05) is 43.6 Å². The number of halogens is 2. The van der Waals surface area contributed by atoms with E-state index in [0.29, 0.717) is 11.3 Å². The predicted octanol–water partition coefficient (Wildman–Crippen LogP) is 6.51. The number of benzene rings is 1. The molecule has 1 rings (SSSR count). The predicted molar refractivity (Wildman–Crippen MR) is 91.9 cm³/mol. The third-order valence-electron chi connectivity index (χ3n) is 3.42. The van der Waals surface area contributed by atoms with Gasteiger partial charge in [0.2, 0.25) is 0 Å². The zero-order valence-electron chi connectivity index (χ0n) is 13.4. The monoisotopic (exact) mass is 360 g/mol. The van der Waals surface area contributed by atoms with Gasteiger partial charge < -0.3 is 4.74 Å². The van der Waals surface area contributed by atoms with E-state index in [0.717, 1.165) is 27.8 Å². The van der Waals surface area contributed by atoms with Crippen LogP contribution in [-0.2, 0) is 0 Å². The summed E-state index contributed by atoms with van der Waals surface area (Å²) in [5.41, 5.74) is 2.58. The Morgan fingerprint density at radius 1 is 1.30 bits per heavy atom. The molecular formula is C17H26BrClO. The second-order valence-corrected chi connectivity index (χ2v) is 8.30. The van der Waals surface area contributed by atoms with E-state index in [9.17, 15) is 0 Å². The number of alkyl halides is 1. The minimum absolute atomic E-state index is 0.0146. The lowest BCUT2D eigenvalue weighted by molar-refractivity contribution is 0.294. The first-order valence-corrected chi connectivity index (χ1v) is 8.35. The largest absolute Gasteiger partial charge is 0.496 e. The van der Waals surface area contributed by atoms with E-state index < -0.39 is 0 Å². The second-order valence-electron chi connectivity index (χ2n) is 6.92. The van der Waals surface area contributed by atoms with Gasteiger partial charge in [0, 0.05) is 10.0 Å². The molecule has 0 fully saturated rings. The third kappa shape index (κ3) is 5.29. The van der Waals surface area contributed by atoms with Crippen LogP contribution in [0.1, 0.15) is 57.0 Å². The Morgan fingerprint density at radius 2 is 1.90 bits per heavy atom. The molecular weight excluding hydrogens is 336 g/mol. The Balaban J connectivity index is 2.86. The molecule has 1 aromatic carbocycles. The number of rotatable bonds is 5. The zero-order valence-corrected chi connectivity index (χ0v) is 15.7. The van der Waals surface area contributed by atoms with Crippen LogP contribution in [0.2, 0.25) is 0 Å². The van der Waals surface area contributed by atoms with E-state index >= 15 is 0 Å². The average molecular weight is 362 g/mol. The maximum atomic E-state index is 6.64. The van der Waals surface area contributed by atoms with Crippen molar-refractivity contribution in [2.24, 2.45) is 11.3 Å². The molecule has 1 nitrogen and oxygen atoms in total. The summed E-state index contributed by atoms with van der Waals surface area (Å²) < 4.78 is 6.57. The number of hydrogen-bond acceptors (Lipinski definition) is 1. The standard InChI is InChI=1S/C17H26BrClO/c1-11(10-17(3,4)5)7-15(19)13-9-14(18)12(2)8-16(13)20-6/h8-9,11,15H,7,10H2,1-6H3. The first-order valence-electron chi connectivity index (χ1n) is 7.12. The summed E-state index contributed by atoms with van der Waals surface area (Å²) in [7, 11) is 1.70. The SMILES string of the molecule is COc1cc(C)c(Br)cc1C(Cl)CC(C)CC(C)(C)C. The Morgan fingerprint density at radius 3 is 2.40 bits per heavy atom. The highest BCUT2D eigenvalue weighted by molar-refractivity contribution is 9.10. The van der Waals surface area contributed by atoms with Gasteiger partial charge in [0.1, 0.15) is 5.75 Å². The van der Waals surface area contributed by atoms with Gasteiger partial charge >= 0.3 is 0 Å². The van der Waals surface area contributed by atoms with Gasteiger partial charge in [0.15, 0.2) is 0 Å². The normalized spacial score (nSPS) is 15.0. The van der Waals surface area contributed by atoms with Crippen LogP contribution in [0.4, 0.5) is 0 Å². The summed E-state index contributed by atoms with van der Waals surface area (Å²) in [6.45, 7) is 11.2. The van der Waals surface area contributed by atoms with Gasteiger partial charge in [0.05, 0.1) is 12.5 Å². The Labute approximate surface area is 137 Å². The number of ether oxygens (including phenoxy) is 1. The van der Waals surface area contributed by atoms with Crippen LogP contribution >= 0.6 is 27.5 Å². The molecule has 0 aliphatic carbocycles. The summed E-state index contributed by atoms with van der Waals surface area (Å²) >= 11 is 10.2. The lowest BCUT2D eigenvalue weighted by Gasteiger charge is -2.25. The molecule has 3 heteroatoms. The van der Waals surface area contributed by atoms with Crippen molar-refractivity contribution in [3.8, 4) is 5.75 Å². The fraction of sp³-hybridized carbons (Fsp3) is 0.647. The molecule has 114 valence electrons. The molecule has 0 aliphatic rings.